The molecule has 1 fully saturated rings. The molecule has 1 aromatic heterocycles. The van der Waals surface area contributed by atoms with Gasteiger partial charge in [0, 0.05) is 12.6 Å². The quantitative estimate of drug-likeness (QED) is 0.744. The lowest BCUT2D eigenvalue weighted by molar-refractivity contribution is 0.0606. The fraction of sp³-hybridized carbons (Fsp3) is 0.692. The molecule has 1 aliphatic rings. The van der Waals surface area contributed by atoms with Crippen LogP contribution in [0.15, 0.2) is 6.20 Å². The summed E-state index contributed by atoms with van der Waals surface area (Å²) >= 11 is 1.43. The first kappa shape index (κ1) is 13.3. The van der Waals surface area contributed by atoms with Gasteiger partial charge in [-0.2, -0.15) is 0 Å². The van der Waals surface area contributed by atoms with Crippen LogP contribution in [0.1, 0.15) is 42.8 Å². The van der Waals surface area contributed by atoms with Crippen LogP contribution >= 0.6 is 11.3 Å². The molecule has 0 radical (unpaired) electrons. The number of esters is 1. The van der Waals surface area contributed by atoms with Crippen LogP contribution in [-0.2, 0) is 4.74 Å². The average molecular weight is 268 g/mol. The van der Waals surface area contributed by atoms with Gasteiger partial charge in [-0.1, -0.05) is 25.2 Å². The fourth-order valence-corrected chi connectivity index (χ4v) is 2.74. The van der Waals surface area contributed by atoms with Crippen molar-refractivity contribution in [1.29, 1.82) is 0 Å². The second kappa shape index (κ2) is 5.69. The Hall–Kier alpha value is -1.10. The first-order chi connectivity index (χ1) is 8.61. The Morgan fingerprint density at radius 2 is 2.33 bits per heavy atom. The van der Waals surface area contributed by atoms with E-state index < -0.39 is 0 Å². The van der Waals surface area contributed by atoms with Crippen molar-refractivity contribution in [3.63, 3.8) is 0 Å². The Labute approximate surface area is 112 Å². The molecule has 1 aliphatic carbocycles. The Morgan fingerprint density at radius 3 is 2.89 bits per heavy atom. The SMILES string of the molecule is COC(=O)c1cnc(N(CCC(C)C)C2CC2)s1. The van der Waals surface area contributed by atoms with Crippen molar-refractivity contribution in [2.45, 2.75) is 39.2 Å². The van der Waals surface area contributed by atoms with Gasteiger partial charge in [0.1, 0.15) is 4.88 Å². The minimum atomic E-state index is -0.293. The molecule has 0 bridgehead atoms. The molecular weight excluding hydrogens is 248 g/mol. The van der Waals surface area contributed by atoms with Gasteiger partial charge >= 0.3 is 5.97 Å². The van der Waals surface area contributed by atoms with Crippen LogP contribution in [0.5, 0.6) is 0 Å². The monoisotopic (exact) mass is 268 g/mol. The van der Waals surface area contributed by atoms with E-state index in [1.165, 1.54) is 31.3 Å². The number of methoxy groups -OCH3 is 1. The third-order valence-corrected chi connectivity index (χ3v) is 4.08. The van der Waals surface area contributed by atoms with Crippen molar-refractivity contribution in [3.8, 4) is 0 Å². The molecule has 100 valence electrons. The van der Waals surface area contributed by atoms with Gasteiger partial charge in [0.25, 0.3) is 0 Å². The van der Waals surface area contributed by atoms with E-state index in [0.717, 1.165) is 18.1 Å². The van der Waals surface area contributed by atoms with Crippen molar-refractivity contribution in [3.05, 3.63) is 11.1 Å². The van der Waals surface area contributed by atoms with E-state index in [4.69, 9.17) is 4.74 Å². The van der Waals surface area contributed by atoms with Crippen molar-refractivity contribution < 1.29 is 9.53 Å². The summed E-state index contributed by atoms with van der Waals surface area (Å²) in [7, 11) is 1.40. The molecule has 1 saturated carbocycles. The summed E-state index contributed by atoms with van der Waals surface area (Å²) in [6.45, 7) is 5.48. The molecule has 18 heavy (non-hydrogen) atoms. The number of hydrogen-bond donors (Lipinski definition) is 0. The van der Waals surface area contributed by atoms with Gasteiger partial charge in [-0.25, -0.2) is 9.78 Å². The van der Waals surface area contributed by atoms with Crippen molar-refractivity contribution in [2.75, 3.05) is 18.6 Å². The smallest absolute Gasteiger partial charge is 0.349 e. The largest absolute Gasteiger partial charge is 0.465 e. The highest BCUT2D eigenvalue weighted by Crippen LogP contribution is 2.34. The summed E-state index contributed by atoms with van der Waals surface area (Å²) in [5.74, 6) is 0.393. The van der Waals surface area contributed by atoms with Crippen LogP contribution < -0.4 is 4.90 Å². The van der Waals surface area contributed by atoms with Crippen LogP contribution in [0.3, 0.4) is 0 Å². The molecule has 2 rings (SSSR count). The molecule has 0 atom stereocenters. The van der Waals surface area contributed by atoms with E-state index in [1.807, 2.05) is 0 Å². The van der Waals surface area contributed by atoms with Gasteiger partial charge in [-0.3, -0.25) is 0 Å². The molecule has 0 unspecified atom stereocenters. The zero-order valence-electron chi connectivity index (χ0n) is 11.2. The van der Waals surface area contributed by atoms with E-state index in [2.05, 4.69) is 23.7 Å². The predicted octanol–water partition coefficient (Wildman–Crippen LogP) is 2.94. The minimum absolute atomic E-state index is 0.293. The molecule has 4 nitrogen and oxygen atoms in total. The zero-order valence-corrected chi connectivity index (χ0v) is 12.0. The number of carbonyl (C=O) groups is 1. The van der Waals surface area contributed by atoms with Gasteiger partial charge in [0.15, 0.2) is 5.13 Å². The second-order valence-corrected chi connectivity index (χ2v) is 6.11. The molecule has 0 aliphatic heterocycles. The van der Waals surface area contributed by atoms with Crippen molar-refractivity contribution in [2.24, 2.45) is 5.92 Å². The van der Waals surface area contributed by atoms with Crippen molar-refractivity contribution in [1.82, 2.24) is 4.98 Å². The molecule has 0 aromatic carbocycles. The molecule has 0 amide bonds. The molecule has 0 saturated heterocycles. The van der Waals surface area contributed by atoms with E-state index in [-0.39, 0.29) is 5.97 Å². The standard InChI is InChI=1S/C13H20N2O2S/c1-9(2)6-7-15(10-4-5-10)13-14-8-11(18-13)12(16)17-3/h8-10H,4-7H2,1-3H3. The number of carbonyl (C=O) groups excluding carboxylic acids is 1. The average Bonchev–Trinajstić information content (AvgIpc) is 3.05. The Bertz CT molecular complexity index is 413. The lowest BCUT2D eigenvalue weighted by Crippen LogP contribution is -2.27. The summed E-state index contributed by atoms with van der Waals surface area (Å²) in [5.41, 5.74) is 0. The maximum absolute atomic E-state index is 11.4. The van der Waals surface area contributed by atoms with Crippen LogP contribution in [0.25, 0.3) is 0 Å². The summed E-state index contributed by atoms with van der Waals surface area (Å²) in [5, 5.41) is 0.957. The molecule has 1 heterocycles. The Morgan fingerprint density at radius 1 is 1.61 bits per heavy atom. The molecule has 1 aromatic rings. The third kappa shape index (κ3) is 3.22. The van der Waals surface area contributed by atoms with Gasteiger partial charge in [0.2, 0.25) is 0 Å². The minimum Gasteiger partial charge on any atom is -0.465 e. The number of aromatic nitrogens is 1. The molecular formula is C13H20N2O2S. The van der Waals surface area contributed by atoms with E-state index in [0.29, 0.717) is 16.8 Å². The number of ether oxygens (including phenoxy) is 1. The van der Waals surface area contributed by atoms with Gasteiger partial charge in [-0.15, -0.1) is 0 Å². The predicted molar refractivity (Wildman–Crippen MR) is 73.3 cm³/mol. The van der Waals surface area contributed by atoms with E-state index in [1.54, 1.807) is 6.20 Å². The summed E-state index contributed by atoms with van der Waals surface area (Å²) in [4.78, 5) is 18.7. The number of thiazole rings is 1. The molecule has 0 spiro atoms. The third-order valence-electron chi connectivity index (χ3n) is 3.06. The number of nitrogens with zero attached hydrogens (tertiary/aromatic N) is 2. The topological polar surface area (TPSA) is 42.4 Å². The van der Waals surface area contributed by atoms with Crippen LogP contribution in [0.2, 0.25) is 0 Å². The number of hydrogen-bond acceptors (Lipinski definition) is 5. The van der Waals surface area contributed by atoms with Crippen molar-refractivity contribution >= 4 is 22.4 Å². The highest BCUT2D eigenvalue weighted by atomic mass is 32.1. The molecule has 5 heteroatoms. The molecule has 0 N–H and O–H groups in total. The normalized spacial score (nSPS) is 14.9. The summed E-state index contributed by atoms with van der Waals surface area (Å²) < 4.78 is 4.72. The van der Waals surface area contributed by atoms with E-state index >= 15 is 0 Å². The maximum Gasteiger partial charge on any atom is 0.349 e. The summed E-state index contributed by atoms with van der Waals surface area (Å²) in [6, 6.07) is 0.625. The van der Waals surface area contributed by atoms with Crippen LogP contribution in [-0.4, -0.2) is 30.6 Å². The van der Waals surface area contributed by atoms with Gasteiger partial charge in [-0.05, 0) is 25.2 Å². The highest BCUT2D eigenvalue weighted by molar-refractivity contribution is 7.17. The lowest BCUT2D eigenvalue weighted by Gasteiger charge is -2.22. The Kier molecular flexibility index (Phi) is 4.22. The zero-order chi connectivity index (χ0) is 13.1. The Balaban J connectivity index is 2.05. The van der Waals surface area contributed by atoms with Crippen LogP contribution in [0.4, 0.5) is 5.13 Å². The lowest BCUT2D eigenvalue weighted by atomic mass is 10.1. The van der Waals surface area contributed by atoms with Gasteiger partial charge < -0.3 is 9.64 Å². The fourth-order valence-electron chi connectivity index (χ4n) is 1.81. The second-order valence-electron chi connectivity index (χ2n) is 5.11. The number of rotatable bonds is 6. The van der Waals surface area contributed by atoms with E-state index in [9.17, 15) is 4.79 Å². The van der Waals surface area contributed by atoms with Gasteiger partial charge in [0.05, 0.1) is 13.3 Å². The van der Waals surface area contributed by atoms with Crippen LogP contribution in [0, 0.1) is 5.92 Å². The first-order valence-corrected chi connectivity index (χ1v) is 7.24. The number of anilines is 1. The highest BCUT2D eigenvalue weighted by Gasteiger charge is 2.31. The summed E-state index contributed by atoms with van der Waals surface area (Å²) in [6.07, 6.45) is 5.26. The first-order valence-electron chi connectivity index (χ1n) is 6.42. The maximum atomic E-state index is 11.4.